The molecule has 0 amide bonds. The van der Waals surface area contributed by atoms with E-state index in [4.69, 9.17) is 15.5 Å². The zero-order chi connectivity index (χ0) is 24.7. The number of nitrogen functional groups attached to an aromatic ring is 1. The normalized spacial score (nSPS) is 14.8. The molecule has 1 saturated heterocycles. The Hall–Kier alpha value is -4.25. The lowest BCUT2D eigenvalue weighted by Crippen LogP contribution is -2.23. The Labute approximate surface area is 205 Å². The first-order valence-corrected chi connectivity index (χ1v) is 11.6. The van der Waals surface area contributed by atoms with Crippen molar-refractivity contribution in [3.05, 3.63) is 54.4 Å². The number of nitriles is 1. The molecule has 2 aromatic heterocycles. The molecule has 1 aliphatic rings. The van der Waals surface area contributed by atoms with E-state index in [1.807, 2.05) is 54.2 Å². The van der Waals surface area contributed by atoms with Gasteiger partial charge in [-0.15, -0.1) is 0 Å². The number of nitrogens with zero attached hydrogens (tertiary/aromatic N) is 5. The van der Waals surface area contributed by atoms with Crippen LogP contribution in [-0.2, 0) is 7.05 Å². The maximum absolute atomic E-state index is 9.73. The summed E-state index contributed by atoms with van der Waals surface area (Å²) in [5, 5.41) is 14.0. The highest BCUT2D eigenvalue weighted by atomic mass is 16.5. The summed E-state index contributed by atoms with van der Waals surface area (Å²) in [5.74, 6) is 1.01. The molecule has 3 N–H and O–H groups in total. The molecule has 0 unspecified atom stereocenters. The number of nitrogens with one attached hydrogen (secondary N) is 1. The molecule has 1 fully saturated rings. The Morgan fingerprint density at radius 1 is 1.23 bits per heavy atom. The van der Waals surface area contributed by atoms with Gasteiger partial charge < -0.3 is 25.3 Å². The molecule has 1 aliphatic heterocycles. The summed E-state index contributed by atoms with van der Waals surface area (Å²) in [7, 11) is 3.62. The van der Waals surface area contributed by atoms with Gasteiger partial charge >= 0.3 is 0 Å². The Kier molecular flexibility index (Phi) is 5.48. The van der Waals surface area contributed by atoms with Crippen molar-refractivity contribution in [2.75, 3.05) is 36.1 Å². The van der Waals surface area contributed by atoms with E-state index in [2.05, 4.69) is 35.1 Å². The number of para-hydroxylation sites is 1. The third-order valence-corrected chi connectivity index (χ3v) is 6.67. The van der Waals surface area contributed by atoms with Crippen LogP contribution in [0.25, 0.3) is 22.2 Å². The average molecular weight is 468 g/mol. The summed E-state index contributed by atoms with van der Waals surface area (Å²) in [6, 6.07) is 14.1. The summed E-state index contributed by atoms with van der Waals surface area (Å²) < 4.78 is 7.72. The first kappa shape index (κ1) is 22.5. The number of benzene rings is 2. The van der Waals surface area contributed by atoms with Crippen LogP contribution in [0, 0.1) is 16.7 Å². The lowest BCUT2D eigenvalue weighted by atomic mass is 9.93. The summed E-state index contributed by atoms with van der Waals surface area (Å²) in [4.78, 5) is 11.4. The average Bonchev–Trinajstić information content (AvgIpc) is 3.38. The summed E-state index contributed by atoms with van der Waals surface area (Å²) in [5.41, 5.74) is 12.0. The predicted octanol–water partition coefficient (Wildman–Crippen LogP) is 5.08. The fourth-order valence-corrected chi connectivity index (χ4v) is 4.82. The molecule has 0 saturated carbocycles. The highest BCUT2D eigenvalue weighted by Crippen LogP contribution is 2.41. The van der Waals surface area contributed by atoms with E-state index in [-0.39, 0.29) is 5.41 Å². The quantitative estimate of drug-likeness (QED) is 0.394. The number of hydrogen-bond acceptors (Lipinski definition) is 7. The first-order valence-electron chi connectivity index (χ1n) is 11.6. The second kappa shape index (κ2) is 8.51. The van der Waals surface area contributed by atoms with Crippen molar-refractivity contribution in [3.8, 4) is 23.1 Å². The molecule has 178 valence electrons. The molecule has 0 radical (unpaired) electrons. The molecular formula is C27H29N7O. The number of nitrogens with two attached hydrogens (primary N) is 1. The third kappa shape index (κ3) is 4.10. The second-order valence-electron chi connectivity index (χ2n) is 9.81. The SMILES string of the molecule is COc1cc(N2CCC(C)(C)C2)c(N)cc1Nc1ncc(C#N)c(-c2cn(C)c3ccccc23)n1. The highest BCUT2D eigenvalue weighted by molar-refractivity contribution is 5.96. The lowest BCUT2D eigenvalue weighted by molar-refractivity contribution is 0.415. The van der Waals surface area contributed by atoms with E-state index in [0.29, 0.717) is 34.3 Å². The van der Waals surface area contributed by atoms with Gasteiger partial charge in [0.15, 0.2) is 0 Å². The smallest absolute Gasteiger partial charge is 0.227 e. The fraction of sp³-hybridized carbons (Fsp3) is 0.296. The maximum atomic E-state index is 9.73. The number of aromatic nitrogens is 3. The molecule has 0 aliphatic carbocycles. The van der Waals surface area contributed by atoms with Crippen LogP contribution in [0.1, 0.15) is 25.8 Å². The first-order chi connectivity index (χ1) is 16.8. The Bertz CT molecular complexity index is 1460. The van der Waals surface area contributed by atoms with Crippen molar-refractivity contribution in [3.63, 3.8) is 0 Å². The molecule has 0 bridgehead atoms. The number of ether oxygens (including phenoxy) is 1. The number of anilines is 4. The summed E-state index contributed by atoms with van der Waals surface area (Å²) in [6.07, 6.45) is 4.65. The number of hydrogen-bond donors (Lipinski definition) is 2. The highest BCUT2D eigenvalue weighted by Gasteiger charge is 2.30. The topological polar surface area (TPSA) is 105 Å². The molecule has 2 aromatic carbocycles. The van der Waals surface area contributed by atoms with Crippen LogP contribution in [0.4, 0.5) is 23.0 Å². The largest absolute Gasteiger partial charge is 0.494 e. The van der Waals surface area contributed by atoms with E-state index < -0.39 is 0 Å². The van der Waals surface area contributed by atoms with Crippen LogP contribution in [0.2, 0.25) is 0 Å². The molecular weight excluding hydrogens is 438 g/mol. The third-order valence-electron chi connectivity index (χ3n) is 6.67. The Morgan fingerprint density at radius 3 is 2.74 bits per heavy atom. The number of methoxy groups -OCH3 is 1. The van der Waals surface area contributed by atoms with Gasteiger partial charge in [0.25, 0.3) is 0 Å². The van der Waals surface area contributed by atoms with Crippen molar-refractivity contribution in [2.24, 2.45) is 12.5 Å². The van der Waals surface area contributed by atoms with Crippen LogP contribution in [-0.4, -0.2) is 34.7 Å². The molecule has 8 heteroatoms. The van der Waals surface area contributed by atoms with E-state index in [9.17, 15) is 5.26 Å². The molecule has 0 spiro atoms. The van der Waals surface area contributed by atoms with Crippen LogP contribution in [0.15, 0.2) is 48.8 Å². The van der Waals surface area contributed by atoms with Gasteiger partial charge in [0.1, 0.15) is 11.8 Å². The van der Waals surface area contributed by atoms with Gasteiger partial charge in [-0.3, -0.25) is 0 Å². The van der Waals surface area contributed by atoms with Gasteiger partial charge in [0.05, 0.1) is 41.6 Å². The molecule has 5 rings (SSSR count). The summed E-state index contributed by atoms with van der Waals surface area (Å²) in [6.45, 7) is 6.44. The van der Waals surface area contributed by atoms with E-state index in [1.54, 1.807) is 13.3 Å². The van der Waals surface area contributed by atoms with E-state index >= 15 is 0 Å². The monoisotopic (exact) mass is 467 g/mol. The second-order valence-corrected chi connectivity index (χ2v) is 9.81. The lowest BCUT2D eigenvalue weighted by Gasteiger charge is -2.24. The van der Waals surface area contributed by atoms with Crippen molar-refractivity contribution >= 4 is 33.9 Å². The van der Waals surface area contributed by atoms with Gasteiger partial charge in [-0.2, -0.15) is 5.26 Å². The van der Waals surface area contributed by atoms with Gasteiger partial charge in [-0.25, -0.2) is 9.97 Å². The fourth-order valence-electron chi connectivity index (χ4n) is 4.82. The van der Waals surface area contributed by atoms with Gasteiger partial charge in [-0.05, 0) is 24.0 Å². The van der Waals surface area contributed by atoms with Crippen molar-refractivity contribution < 1.29 is 4.74 Å². The van der Waals surface area contributed by atoms with E-state index in [1.165, 1.54) is 0 Å². The van der Waals surface area contributed by atoms with Crippen LogP contribution >= 0.6 is 0 Å². The molecule has 4 aromatic rings. The zero-order valence-electron chi connectivity index (χ0n) is 20.5. The van der Waals surface area contributed by atoms with Crippen LogP contribution in [0.5, 0.6) is 5.75 Å². The maximum Gasteiger partial charge on any atom is 0.227 e. The molecule has 8 nitrogen and oxygen atoms in total. The minimum atomic E-state index is 0.255. The molecule has 0 atom stereocenters. The molecule has 35 heavy (non-hydrogen) atoms. The minimum Gasteiger partial charge on any atom is -0.494 e. The number of fused-ring (bicyclic) bond motifs is 1. The minimum absolute atomic E-state index is 0.255. The van der Waals surface area contributed by atoms with Crippen molar-refractivity contribution in [1.82, 2.24) is 14.5 Å². The predicted molar refractivity (Wildman–Crippen MR) is 140 cm³/mol. The standard InChI is InChI=1S/C27H29N7O/c1-27(2)9-10-34(16-27)23-12-24(35-4)21(11-20(23)29)31-26-30-14-17(13-28)25(32-26)19-15-33(3)22-8-6-5-7-18(19)22/h5-8,11-12,14-15H,9-10,16,29H2,1-4H3,(H,30,31,32). The van der Waals surface area contributed by atoms with Crippen LogP contribution < -0.4 is 20.7 Å². The number of aryl methyl sites for hydroxylation is 1. The Balaban J connectivity index is 1.52. The van der Waals surface area contributed by atoms with Crippen molar-refractivity contribution in [1.29, 1.82) is 5.26 Å². The van der Waals surface area contributed by atoms with Gasteiger partial charge in [-0.1, -0.05) is 32.0 Å². The van der Waals surface area contributed by atoms with Gasteiger partial charge in [0, 0.05) is 48.9 Å². The zero-order valence-corrected chi connectivity index (χ0v) is 20.5. The van der Waals surface area contributed by atoms with Gasteiger partial charge in [0.2, 0.25) is 5.95 Å². The molecule has 3 heterocycles. The summed E-state index contributed by atoms with van der Waals surface area (Å²) >= 11 is 0. The van der Waals surface area contributed by atoms with Crippen molar-refractivity contribution in [2.45, 2.75) is 20.3 Å². The number of rotatable bonds is 5. The van der Waals surface area contributed by atoms with Crippen LogP contribution in [0.3, 0.4) is 0 Å². The van der Waals surface area contributed by atoms with E-state index in [0.717, 1.165) is 41.7 Å². The Morgan fingerprint density at radius 2 is 2.03 bits per heavy atom.